The number of carboxylic acids is 1. The summed E-state index contributed by atoms with van der Waals surface area (Å²) in [4.78, 5) is 13.3. The lowest BCUT2D eigenvalue weighted by atomic mass is 10.1. The molecule has 1 fully saturated rings. The standard InChI is InChI=1S/C14H19NO5/c1-18-9-4-5-10(14(16)17)11(6-9)15-7-12(19-2)13(8-15)20-3/h4-6,12-13H,7-8H2,1-3H3,(H,16,17). The van der Waals surface area contributed by atoms with Crippen molar-refractivity contribution >= 4 is 11.7 Å². The molecule has 1 aromatic carbocycles. The van der Waals surface area contributed by atoms with Crippen molar-refractivity contribution in [2.75, 3.05) is 39.3 Å². The van der Waals surface area contributed by atoms with Gasteiger partial charge in [-0.3, -0.25) is 0 Å². The van der Waals surface area contributed by atoms with Gasteiger partial charge < -0.3 is 24.2 Å². The third-order valence-electron chi connectivity index (χ3n) is 3.60. The van der Waals surface area contributed by atoms with E-state index in [1.54, 1.807) is 39.5 Å². The molecule has 2 unspecified atom stereocenters. The molecule has 0 amide bonds. The average Bonchev–Trinajstić information content (AvgIpc) is 2.89. The van der Waals surface area contributed by atoms with Crippen LogP contribution in [0.4, 0.5) is 5.69 Å². The summed E-state index contributed by atoms with van der Waals surface area (Å²) in [5, 5.41) is 9.31. The maximum Gasteiger partial charge on any atom is 0.337 e. The summed E-state index contributed by atoms with van der Waals surface area (Å²) in [6.07, 6.45) is -0.152. The Hall–Kier alpha value is -1.79. The molecule has 0 bridgehead atoms. The number of hydrogen-bond donors (Lipinski definition) is 1. The number of aromatic carboxylic acids is 1. The minimum atomic E-state index is -0.961. The van der Waals surface area contributed by atoms with E-state index in [1.807, 2.05) is 4.90 Å². The van der Waals surface area contributed by atoms with Crippen molar-refractivity contribution in [3.63, 3.8) is 0 Å². The zero-order chi connectivity index (χ0) is 14.7. The highest BCUT2D eigenvalue weighted by Gasteiger charge is 2.34. The first-order chi connectivity index (χ1) is 9.60. The first-order valence-electron chi connectivity index (χ1n) is 6.32. The molecule has 1 aliphatic heterocycles. The number of ether oxygens (including phenoxy) is 3. The van der Waals surface area contributed by atoms with Crippen LogP contribution in [0.1, 0.15) is 10.4 Å². The Balaban J connectivity index is 2.34. The van der Waals surface area contributed by atoms with Crippen LogP contribution in [0.5, 0.6) is 5.75 Å². The largest absolute Gasteiger partial charge is 0.497 e. The van der Waals surface area contributed by atoms with E-state index >= 15 is 0 Å². The quantitative estimate of drug-likeness (QED) is 0.876. The number of rotatable bonds is 5. The summed E-state index contributed by atoms with van der Waals surface area (Å²) in [5.74, 6) is -0.336. The van der Waals surface area contributed by atoms with Crippen LogP contribution in [-0.2, 0) is 9.47 Å². The van der Waals surface area contributed by atoms with E-state index in [4.69, 9.17) is 14.2 Å². The number of benzene rings is 1. The zero-order valence-electron chi connectivity index (χ0n) is 11.8. The second-order valence-electron chi connectivity index (χ2n) is 4.64. The van der Waals surface area contributed by atoms with Gasteiger partial charge in [0, 0.05) is 33.4 Å². The number of methoxy groups -OCH3 is 3. The van der Waals surface area contributed by atoms with Crippen molar-refractivity contribution in [3.8, 4) is 5.75 Å². The second kappa shape index (κ2) is 6.11. The summed E-state index contributed by atoms with van der Waals surface area (Å²) in [7, 11) is 4.81. The number of nitrogens with zero attached hydrogens (tertiary/aromatic N) is 1. The van der Waals surface area contributed by atoms with Crippen molar-refractivity contribution < 1.29 is 24.1 Å². The topological polar surface area (TPSA) is 68.2 Å². The molecule has 0 aromatic heterocycles. The summed E-state index contributed by atoms with van der Waals surface area (Å²) in [5.41, 5.74) is 0.871. The van der Waals surface area contributed by atoms with Gasteiger partial charge in [0.25, 0.3) is 0 Å². The smallest absolute Gasteiger partial charge is 0.337 e. The number of anilines is 1. The molecule has 0 aliphatic carbocycles. The van der Waals surface area contributed by atoms with Crippen molar-refractivity contribution in [3.05, 3.63) is 23.8 Å². The van der Waals surface area contributed by atoms with Gasteiger partial charge in [-0.05, 0) is 12.1 Å². The Morgan fingerprint density at radius 1 is 1.20 bits per heavy atom. The van der Waals surface area contributed by atoms with Crippen LogP contribution in [0, 0.1) is 0 Å². The Bertz CT molecular complexity index is 478. The van der Waals surface area contributed by atoms with Crippen LogP contribution >= 0.6 is 0 Å². The molecule has 0 spiro atoms. The Labute approximate surface area is 117 Å². The molecule has 1 heterocycles. The van der Waals surface area contributed by atoms with Gasteiger partial charge >= 0.3 is 5.97 Å². The lowest BCUT2D eigenvalue weighted by Gasteiger charge is -2.21. The third kappa shape index (κ3) is 2.71. The predicted molar refractivity (Wildman–Crippen MR) is 73.8 cm³/mol. The zero-order valence-corrected chi connectivity index (χ0v) is 11.8. The average molecular weight is 281 g/mol. The molecule has 1 saturated heterocycles. The van der Waals surface area contributed by atoms with Gasteiger partial charge in [0.2, 0.25) is 0 Å². The van der Waals surface area contributed by atoms with Crippen LogP contribution in [0.15, 0.2) is 18.2 Å². The van der Waals surface area contributed by atoms with E-state index in [2.05, 4.69) is 0 Å². The van der Waals surface area contributed by atoms with Crippen LogP contribution in [0.2, 0.25) is 0 Å². The number of hydrogen-bond acceptors (Lipinski definition) is 5. The molecule has 2 rings (SSSR count). The Morgan fingerprint density at radius 3 is 2.25 bits per heavy atom. The summed E-state index contributed by atoms with van der Waals surface area (Å²) >= 11 is 0. The minimum absolute atomic E-state index is 0.0761. The predicted octanol–water partition coefficient (Wildman–Crippen LogP) is 1.24. The van der Waals surface area contributed by atoms with Crippen molar-refractivity contribution in [2.45, 2.75) is 12.2 Å². The molecule has 2 atom stereocenters. The molecular weight excluding hydrogens is 262 g/mol. The highest BCUT2D eigenvalue weighted by Crippen LogP contribution is 2.30. The van der Waals surface area contributed by atoms with Crippen molar-refractivity contribution in [1.82, 2.24) is 0 Å². The molecule has 6 nitrogen and oxygen atoms in total. The minimum Gasteiger partial charge on any atom is -0.497 e. The molecule has 1 aromatic rings. The number of carbonyl (C=O) groups is 1. The Morgan fingerprint density at radius 2 is 1.80 bits per heavy atom. The van der Waals surface area contributed by atoms with Crippen LogP contribution < -0.4 is 9.64 Å². The van der Waals surface area contributed by atoms with Gasteiger partial charge in [0.15, 0.2) is 0 Å². The van der Waals surface area contributed by atoms with Gasteiger partial charge in [-0.2, -0.15) is 0 Å². The van der Waals surface area contributed by atoms with Gasteiger partial charge in [0.05, 0.1) is 18.4 Å². The summed E-state index contributed by atoms with van der Waals surface area (Å²) < 4.78 is 15.9. The van der Waals surface area contributed by atoms with Gasteiger partial charge in [-0.25, -0.2) is 4.79 Å². The van der Waals surface area contributed by atoms with Gasteiger partial charge in [-0.1, -0.05) is 0 Å². The van der Waals surface area contributed by atoms with E-state index in [0.29, 0.717) is 24.5 Å². The Kier molecular flexibility index (Phi) is 4.46. The molecule has 20 heavy (non-hydrogen) atoms. The van der Waals surface area contributed by atoms with E-state index in [9.17, 15) is 9.90 Å². The van der Waals surface area contributed by atoms with E-state index < -0.39 is 5.97 Å². The highest BCUT2D eigenvalue weighted by molar-refractivity contribution is 5.95. The normalized spacial score (nSPS) is 22.1. The molecule has 0 radical (unpaired) electrons. The van der Waals surface area contributed by atoms with Crippen LogP contribution in [0.3, 0.4) is 0 Å². The molecule has 1 aliphatic rings. The summed E-state index contributed by atoms with van der Waals surface area (Å²) in [6.45, 7) is 1.17. The fourth-order valence-electron chi connectivity index (χ4n) is 2.47. The molecule has 110 valence electrons. The van der Waals surface area contributed by atoms with E-state index in [0.717, 1.165) is 0 Å². The van der Waals surface area contributed by atoms with Crippen LogP contribution in [0.25, 0.3) is 0 Å². The maximum atomic E-state index is 11.4. The van der Waals surface area contributed by atoms with Crippen LogP contribution in [-0.4, -0.2) is 57.7 Å². The first-order valence-corrected chi connectivity index (χ1v) is 6.32. The van der Waals surface area contributed by atoms with E-state index in [1.165, 1.54) is 0 Å². The monoisotopic (exact) mass is 281 g/mol. The fraction of sp³-hybridized carbons (Fsp3) is 0.500. The third-order valence-corrected chi connectivity index (χ3v) is 3.60. The molecule has 1 N–H and O–H groups in total. The van der Waals surface area contributed by atoms with E-state index in [-0.39, 0.29) is 17.8 Å². The fourth-order valence-corrected chi connectivity index (χ4v) is 2.47. The molecule has 0 saturated carbocycles. The maximum absolute atomic E-state index is 11.4. The second-order valence-corrected chi connectivity index (χ2v) is 4.64. The lowest BCUT2D eigenvalue weighted by molar-refractivity contribution is -0.00461. The number of carboxylic acid groups (broad SMARTS) is 1. The highest BCUT2D eigenvalue weighted by atomic mass is 16.5. The molecule has 6 heteroatoms. The molecular formula is C14H19NO5. The SMILES string of the molecule is COc1ccc(C(=O)O)c(N2CC(OC)C(OC)C2)c1. The van der Waals surface area contributed by atoms with Crippen molar-refractivity contribution in [2.24, 2.45) is 0 Å². The van der Waals surface area contributed by atoms with Gasteiger partial charge in [-0.15, -0.1) is 0 Å². The summed E-state index contributed by atoms with van der Waals surface area (Å²) in [6, 6.07) is 4.93. The lowest BCUT2D eigenvalue weighted by Crippen LogP contribution is -2.27. The van der Waals surface area contributed by atoms with Gasteiger partial charge in [0.1, 0.15) is 18.0 Å². The van der Waals surface area contributed by atoms with Crippen molar-refractivity contribution in [1.29, 1.82) is 0 Å². The first kappa shape index (κ1) is 14.6.